The summed E-state index contributed by atoms with van der Waals surface area (Å²) in [5.41, 5.74) is 3.01. The van der Waals surface area contributed by atoms with Crippen LogP contribution in [0.25, 0.3) is 10.9 Å². The summed E-state index contributed by atoms with van der Waals surface area (Å²) in [7, 11) is 0. The van der Waals surface area contributed by atoms with E-state index in [2.05, 4.69) is 22.8 Å². The van der Waals surface area contributed by atoms with Crippen LogP contribution in [0.2, 0.25) is 0 Å². The van der Waals surface area contributed by atoms with Crippen LogP contribution in [-0.2, 0) is 17.9 Å². The maximum Gasteiger partial charge on any atom is 0.289 e. The molecule has 0 bridgehead atoms. The number of carbonyl (C=O) groups excluding carboxylic acids is 2. The molecule has 1 aliphatic heterocycles. The van der Waals surface area contributed by atoms with Crippen LogP contribution in [0.3, 0.4) is 0 Å². The van der Waals surface area contributed by atoms with Gasteiger partial charge in [-0.05, 0) is 54.1 Å². The number of nitrogens with zero attached hydrogens (tertiary/aromatic N) is 3. The number of hydrogen-bond donors (Lipinski definition) is 0. The van der Waals surface area contributed by atoms with Gasteiger partial charge in [0.25, 0.3) is 5.91 Å². The van der Waals surface area contributed by atoms with E-state index < -0.39 is 0 Å². The summed E-state index contributed by atoms with van der Waals surface area (Å²) in [6.07, 6.45) is 7.23. The lowest BCUT2D eigenvalue weighted by atomic mass is 10.1. The minimum atomic E-state index is -0.111. The van der Waals surface area contributed by atoms with Gasteiger partial charge in [0, 0.05) is 44.0 Å². The van der Waals surface area contributed by atoms with E-state index in [1.165, 1.54) is 5.39 Å². The largest absolute Gasteiger partial charge is 0.454 e. The molecule has 2 aromatic heterocycles. The first-order valence-electron chi connectivity index (χ1n) is 12.9. The predicted octanol–water partition coefficient (Wildman–Crippen LogP) is 6.24. The van der Waals surface area contributed by atoms with E-state index >= 15 is 0 Å². The minimum Gasteiger partial charge on any atom is -0.454 e. The second kappa shape index (κ2) is 10.9. The molecule has 2 amide bonds. The van der Waals surface area contributed by atoms with Gasteiger partial charge in [-0.2, -0.15) is 0 Å². The van der Waals surface area contributed by atoms with Crippen LogP contribution in [0.15, 0.2) is 77.3 Å². The number of hydrogen-bond acceptors (Lipinski definition) is 3. The van der Waals surface area contributed by atoms with Gasteiger partial charge in [-0.15, -0.1) is 0 Å². The molecule has 0 spiro atoms. The summed E-state index contributed by atoms with van der Waals surface area (Å²) >= 11 is 0. The quantitative estimate of drug-likeness (QED) is 0.346. The highest BCUT2D eigenvalue weighted by molar-refractivity contribution is 5.93. The summed E-state index contributed by atoms with van der Waals surface area (Å²) in [5, 5.41) is 1.18. The van der Waals surface area contributed by atoms with Gasteiger partial charge in [0.15, 0.2) is 5.76 Å². The van der Waals surface area contributed by atoms with E-state index in [9.17, 15) is 9.59 Å². The smallest absolute Gasteiger partial charge is 0.289 e. The molecule has 0 N–H and O–H groups in total. The average molecular weight is 484 g/mol. The van der Waals surface area contributed by atoms with E-state index in [1.54, 1.807) is 13.0 Å². The molecule has 36 heavy (non-hydrogen) atoms. The Kier molecular flexibility index (Phi) is 7.21. The number of rotatable bonds is 3. The lowest BCUT2D eigenvalue weighted by Crippen LogP contribution is -2.34. The van der Waals surface area contributed by atoms with Crippen molar-refractivity contribution in [3.63, 3.8) is 0 Å². The Bertz CT molecular complexity index is 1350. The third kappa shape index (κ3) is 5.23. The summed E-state index contributed by atoms with van der Waals surface area (Å²) in [6, 6.07) is 21.9. The maximum atomic E-state index is 13.6. The molecule has 0 saturated carbocycles. The lowest BCUT2D eigenvalue weighted by Gasteiger charge is -2.28. The standard InChI is InChI=1S/C30H33N3O3/c1-23(34)33-19-10-4-2-3-9-18-32(21-25-12-6-8-14-28(25)33)30(35)29-16-15-26(36-29)22-31-20-17-24-11-5-7-13-27(24)31/h5-8,11-17,20H,2-4,9-10,18-19,21-22H2,1H3. The van der Waals surface area contributed by atoms with Gasteiger partial charge < -0.3 is 18.8 Å². The van der Waals surface area contributed by atoms with Gasteiger partial charge >= 0.3 is 0 Å². The van der Waals surface area contributed by atoms with Crippen molar-refractivity contribution in [2.24, 2.45) is 0 Å². The second-order valence-electron chi connectivity index (χ2n) is 9.56. The zero-order chi connectivity index (χ0) is 24.9. The van der Waals surface area contributed by atoms with Crippen molar-refractivity contribution in [3.8, 4) is 0 Å². The number of benzene rings is 2. The molecule has 0 radical (unpaired) electrons. The van der Waals surface area contributed by atoms with Gasteiger partial charge in [0.05, 0.1) is 6.54 Å². The van der Waals surface area contributed by atoms with Crippen molar-refractivity contribution in [1.29, 1.82) is 0 Å². The highest BCUT2D eigenvalue weighted by Gasteiger charge is 2.23. The highest BCUT2D eigenvalue weighted by atomic mass is 16.4. The van der Waals surface area contributed by atoms with Crippen LogP contribution < -0.4 is 4.90 Å². The first-order chi connectivity index (χ1) is 17.6. The fraction of sp³-hybridized carbons (Fsp3) is 0.333. The monoisotopic (exact) mass is 483 g/mol. The van der Waals surface area contributed by atoms with Gasteiger partial charge in [-0.25, -0.2) is 0 Å². The van der Waals surface area contributed by atoms with Crippen LogP contribution >= 0.6 is 0 Å². The summed E-state index contributed by atoms with van der Waals surface area (Å²) < 4.78 is 8.19. The first kappa shape index (κ1) is 23.9. The number of amides is 2. The second-order valence-corrected chi connectivity index (χ2v) is 9.56. The molecule has 0 fully saturated rings. The molecule has 6 heteroatoms. The molecule has 4 aromatic rings. The molecule has 5 rings (SSSR count). The molecule has 2 aromatic carbocycles. The summed E-state index contributed by atoms with van der Waals surface area (Å²) in [6.45, 7) is 3.99. The van der Waals surface area contributed by atoms with Gasteiger partial charge in [0.1, 0.15) is 5.76 Å². The Morgan fingerprint density at radius 3 is 2.44 bits per heavy atom. The molecular weight excluding hydrogens is 450 g/mol. The van der Waals surface area contributed by atoms with Crippen LogP contribution in [0.4, 0.5) is 5.69 Å². The number of furan rings is 1. The fourth-order valence-electron chi connectivity index (χ4n) is 5.10. The van der Waals surface area contributed by atoms with Crippen LogP contribution in [0.1, 0.15) is 60.9 Å². The third-order valence-electron chi connectivity index (χ3n) is 7.00. The Balaban J connectivity index is 1.38. The van der Waals surface area contributed by atoms with Crippen molar-refractivity contribution < 1.29 is 14.0 Å². The number of anilines is 1. The molecule has 0 atom stereocenters. The molecule has 1 aliphatic rings. The summed E-state index contributed by atoms with van der Waals surface area (Å²) in [4.78, 5) is 29.8. The van der Waals surface area contributed by atoms with Crippen LogP contribution in [0.5, 0.6) is 0 Å². The number of aromatic nitrogens is 1. The maximum absolute atomic E-state index is 13.6. The van der Waals surface area contributed by atoms with E-state index in [1.807, 2.05) is 58.5 Å². The average Bonchev–Trinajstić information content (AvgIpc) is 3.51. The number of fused-ring (bicyclic) bond motifs is 2. The molecule has 0 aliphatic carbocycles. The van der Waals surface area contributed by atoms with Gasteiger partial charge in [0.2, 0.25) is 5.91 Å². The van der Waals surface area contributed by atoms with Gasteiger partial charge in [-0.1, -0.05) is 55.7 Å². The Hall–Kier alpha value is -3.80. The van der Waals surface area contributed by atoms with Crippen molar-refractivity contribution in [3.05, 3.63) is 90.0 Å². The van der Waals surface area contributed by atoms with E-state index in [4.69, 9.17) is 4.42 Å². The Morgan fingerprint density at radius 1 is 0.833 bits per heavy atom. The predicted molar refractivity (Wildman–Crippen MR) is 142 cm³/mol. The highest BCUT2D eigenvalue weighted by Crippen LogP contribution is 2.26. The van der Waals surface area contributed by atoms with E-state index in [0.717, 1.165) is 54.6 Å². The molecule has 3 heterocycles. The van der Waals surface area contributed by atoms with Crippen molar-refractivity contribution >= 4 is 28.4 Å². The number of para-hydroxylation sites is 2. The minimum absolute atomic E-state index is 0.0330. The van der Waals surface area contributed by atoms with Crippen LogP contribution in [-0.4, -0.2) is 34.4 Å². The fourth-order valence-corrected chi connectivity index (χ4v) is 5.10. The SMILES string of the molecule is CC(=O)N1CCCCCCCN(C(=O)c2ccc(Cn3ccc4ccccc43)o2)Cc2ccccc21. The molecular formula is C30H33N3O3. The Labute approximate surface area is 212 Å². The molecule has 6 nitrogen and oxygen atoms in total. The van der Waals surface area contributed by atoms with E-state index in [-0.39, 0.29) is 11.8 Å². The number of carbonyl (C=O) groups is 2. The molecule has 0 saturated heterocycles. The lowest BCUT2D eigenvalue weighted by molar-refractivity contribution is -0.116. The normalized spacial score (nSPS) is 15.2. The third-order valence-corrected chi connectivity index (χ3v) is 7.00. The van der Waals surface area contributed by atoms with E-state index in [0.29, 0.717) is 31.9 Å². The Morgan fingerprint density at radius 2 is 1.58 bits per heavy atom. The van der Waals surface area contributed by atoms with Crippen molar-refractivity contribution in [1.82, 2.24) is 9.47 Å². The van der Waals surface area contributed by atoms with Crippen LogP contribution in [0, 0.1) is 0 Å². The van der Waals surface area contributed by atoms with Crippen molar-refractivity contribution in [2.75, 3.05) is 18.0 Å². The van der Waals surface area contributed by atoms with Gasteiger partial charge in [-0.3, -0.25) is 9.59 Å². The van der Waals surface area contributed by atoms with Crippen molar-refractivity contribution in [2.45, 2.75) is 52.1 Å². The topological polar surface area (TPSA) is 58.7 Å². The molecule has 186 valence electrons. The zero-order valence-corrected chi connectivity index (χ0v) is 20.9. The first-order valence-corrected chi connectivity index (χ1v) is 12.9. The zero-order valence-electron chi connectivity index (χ0n) is 20.9. The molecule has 0 unspecified atom stereocenters. The summed E-state index contributed by atoms with van der Waals surface area (Å²) in [5.74, 6) is 1.03.